The van der Waals surface area contributed by atoms with Crippen LogP contribution in [-0.4, -0.2) is 50.1 Å². The molecule has 1 aliphatic heterocycles. The molecule has 2 heterocycles. The Kier molecular flexibility index (Phi) is 4.08. The Bertz CT molecular complexity index is 512. The van der Waals surface area contributed by atoms with E-state index >= 15 is 0 Å². The van der Waals surface area contributed by atoms with Crippen molar-refractivity contribution in [3.8, 4) is 0 Å². The van der Waals surface area contributed by atoms with Gasteiger partial charge in [-0.05, 0) is 18.6 Å². The van der Waals surface area contributed by atoms with Crippen LogP contribution < -0.4 is 5.32 Å². The summed E-state index contributed by atoms with van der Waals surface area (Å²) in [7, 11) is -1.96. The van der Waals surface area contributed by atoms with Gasteiger partial charge in [0.05, 0.1) is 12.1 Å². The first-order valence-corrected chi connectivity index (χ1v) is 8.18. The zero-order valence-electron chi connectivity index (χ0n) is 10.5. The Hall–Kier alpha value is -0.470. The summed E-state index contributed by atoms with van der Waals surface area (Å²) >= 11 is 1.30. The molecule has 0 amide bonds. The van der Waals surface area contributed by atoms with Gasteiger partial charge in [-0.2, -0.15) is 4.31 Å². The van der Waals surface area contributed by atoms with Crippen LogP contribution in [0, 0.1) is 0 Å². The number of hydrogen-bond donors (Lipinski definition) is 2. The molecule has 0 unspecified atom stereocenters. The Balaban J connectivity index is 2.24. The number of likely N-dealkylation sites (N-methyl/N-ethyl adjacent to an activating group) is 1. The zero-order valence-corrected chi connectivity index (χ0v) is 12.1. The number of nitrogens with one attached hydrogen (secondary N) is 1. The second-order valence-corrected chi connectivity index (χ2v) is 7.78. The van der Waals surface area contributed by atoms with Crippen LogP contribution in [0.1, 0.15) is 11.8 Å². The molecule has 1 aliphatic rings. The quantitative estimate of drug-likeness (QED) is 0.835. The first-order valence-electron chi connectivity index (χ1n) is 5.92. The maximum absolute atomic E-state index is 12.4. The highest BCUT2D eigenvalue weighted by Gasteiger charge is 2.36. The van der Waals surface area contributed by atoms with E-state index in [-0.39, 0.29) is 6.04 Å². The lowest BCUT2D eigenvalue weighted by Crippen LogP contribution is -2.43. The van der Waals surface area contributed by atoms with E-state index in [1.165, 1.54) is 22.7 Å². The van der Waals surface area contributed by atoms with Gasteiger partial charge in [0, 0.05) is 25.0 Å². The van der Waals surface area contributed by atoms with Gasteiger partial charge in [-0.25, -0.2) is 8.42 Å². The highest BCUT2D eigenvalue weighted by atomic mass is 32.2. The second kappa shape index (κ2) is 5.26. The number of nitrogens with zero attached hydrogens (tertiary/aromatic N) is 1. The van der Waals surface area contributed by atoms with Crippen molar-refractivity contribution in [2.75, 3.05) is 20.1 Å². The Morgan fingerprint density at radius 1 is 1.50 bits per heavy atom. The predicted octanol–water partition coefficient (Wildman–Crippen LogP) is 0.264. The molecule has 18 heavy (non-hydrogen) atoms. The molecule has 0 spiro atoms. The predicted molar refractivity (Wildman–Crippen MR) is 71.3 cm³/mol. The van der Waals surface area contributed by atoms with E-state index in [4.69, 9.17) is 0 Å². The maximum atomic E-state index is 12.4. The van der Waals surface area contributed by atoms with Crippen molar-refractivity contribution < 1.29 is 13.5 Å². The van der Waals surface area contributed by atoms with Gasteiger partial charge in [0.1, 0.15) is 4.21 Å². The summed E-state index contributed by atoms with van der Waals surface area (Å²) in [6, 6.07) is 3.10. The number of aliphatic hydroxyl groups excluding tert-OH is 1. The lowest BCUT2D eigenvalue weighted by molar-refractivity contribution is 0.136. The first kappa shape index (κ1) is 14.0. The van der Waals surface area contributed by atoms with E-state index in [0.29, 0.717) is 17.3 Å². The number of thiophene rings is 1. The summed E-state index contributed by atoms with van der Waals surface area (Å²) in [6.45, 7) is 2.93. The summed E-state index contributed by atoms with van der Waals surface area (Å²) in [5.74, 6) is 0. The largest absolute Gasteiger partial charge is 0.390 e. The minimum absolute atomic E-state index is 0.348. The van der Waals surface area contributed by atoms with Gasteiger partial charge >= 0.3 is 0 Å². The number of aliphatic hydroxyl groups is 1. The minimum Gasteiger partial charge on any atom is -0.390 e. The number of aryl methyl sites for hydroxylation is 1. The summed E-state index contributed by atoms with van der Waals surface area (Å²) < 4.78 is 26.4. The zero-order chi connectivity index (χ0) is 13.3. The monoisotopic (exact) mass is 290 g/mol. The van der Waals surface area contributed by atoms with Crippen LogP contribution in [0.4, 0.5) is 0 Å². The van der Waals surface area contributed by atoms with Gasteiger partial charge in [0.2, 0.25) is 0 Å². The van der Waals surface area contributed by atoms with Crippen molar-refractivity contribution in [2.24, 2.45) is 0 Å². The van der Waals surface area contributed by atoms with E-state index in [2.05, 4.69) is 5.32 Å². The van der Waals surface area contributed by atoms with Crippen molar-refractivity contribution in [2.45, 2.75) is 29.7 Å². The molecule has 1 saturated heterocycles. The molecule has 7 heteroatoms. The molecule has 0 saturated carbocycles. The number of sulfonamides is 1. The fourth-order valence-corrected chi connectivity index (χ4v) is 4.89. The normalized spacial score (nSPS) is 24.9. The molecular weight excluding hydrogens is 272 g/mol. The summed E-state index contributed by atoms with van der Waals surface area (Å²) in [6.07, 6.45) is 0.188. The highest BCUT2D eigenvalue weighted by molar-refractivity contribution is 7.91. The van der Waals surface area contributed by atoms with Crippen LogP contribution in [0.5, 0.6) is 0 Å². The molecule has 1 aromatic rings. The summed E-state index contributed by atoms with van der Waals surface area (Å²) in [4.78, 5) is 1.05. The molecule has 0 radical (unpaired) electrons. The molecule has 2 N–H and O–H groups in total. The van der Waals surface area contributed by atoms with Crippen molar-refractivity contribution >= 4 is 21.4 Å². The molecule has 5 nitrogen and oxygen atoms in total. The average molecular weight is 290 g/mol. The minimum atomic E-state index is -3.49. The molecule has 1 fully saturated rings. The Labute approximate surface area is 111 Å². The first-order chi connectivity index (χ1) is 8.46. The lowest BCUT2D eigenvalue weighted by atomic mass is 10.2. The summed E-state index contributed by atoms with van der Waals surface area (Å²) in [5.41, 5.74) is 0. The molecule has 2 rings (SSSR count). The average Bonchev–Trinajstić information content (AvgIpc) is 2.96. The smallest absolute Gasteiger partial charge is 0.252 e. The van der Waals surface area contributed by atoms with Gasteiger partial charge in [-0.1, -0.05) is 6.92 Å². The number of hydrogen-bond acceptors (Lipinski definition) is 5. The van der Waals surface area contributed by atoms with Crippen LogP contribution >= 0.6 is 11.3 Å². The molecular formula is C11H18N2O3S2. The standard InChI is InChI=1S/C11H18N2O3S2/c1-3-8-4-5-11(17-8)18(15,16)13(2)9-6-12-7-10(9)14/h4-5,9-10,12,14H,3,6-7H2,1-2H3/t9-,10-/m0/s1. The maximum Gasteiger partial charge on any atom is 0.252 e. The van der Waals surface area contributed by atoms with E-state index in [1.54, 1.807) is 6.07 Å². The Morgan fingerprint density at radius 3 is 2.72 bits per heavy atom. The lowest BCUT2D eigenvalue weighted by Gasteiger charge is -2.24. The third kappa shape index (κ3) is 2.46. The van der Waals surface area contributed by atoms with Crippen LogP contribution in [0.2, 0.25) is 0 Å². The molecule has 102 valence electrons. The Morgan fingerprint density at radius 2 is 2.22 bits per heavy atom. The van der Waals surface area contributed by atoms with Crippen LogP contribution in [0.15, 0.2) is 16.3 Å². The van der Waals surface area contributed by atoms with E-state index in [9.17, 15) is 13.5 Å². The third-order valence-corrected chi connectivity index (χ3v) is 6.82. The van der Waals surface area contributed by atoms with Gasteiger partial charge in [0.15, 0.2) is 0 Å². The number of rotatable bonds is 4. The highest BCUT2D eigenvalue weighted by Crippen LogP contribution is 2.26. The molecule has 2 atom stereocenters. The van der Waals surface area contributed by atoms with Crippen molar-refractivity contribution in [3.63, 3.8) is 0 Å². The van der Waals surface area contributed by atoms with E-state index < -0.39 is 16.1 Å². The van der Waals surface area contributed by atoms with E-state index in [1.807, 2.05) is 13.0 Å². The van der Waals surface area contributed by atoms with Gasteiger partial charge < -0.3 is 10.4 Å². The van der Waals surface area contributed by atoms with Gasteiger partial charge in [-0.15, -0.1) is 11.3 Å². The van der Waals surface area contributed by atoms with Gasteiger partial charge in [0.25, 0.3) is 10.0 Å². The fraction of sp³-hybridized carbons (Fsp3) is 0.636. The fourth-order valence-electron chi connectivity index (χ4n) is 2.03. The number of β-amino-alcohol motifs (C(OH)–C–C–N with tert-alkyl or cyclic N) is 1. The van der Waals surface area contributed by atoms with Crippen LogP contribution in [0.25, 0.3) is 0 Å². The SMILES string of the molecule is CCc1ccc(S(=O)(=O)N(C)[C@H]2CNC[C@@H]2O)s1. The topological polar surface area (TPSA) is 69.6 Å². The van der Waals surface area contributed by atoms with Crippen molar-refractivity contribution in [3.05, 3.63) is 17.0 Å². The van der Waals surface area contributed by atoms with Crippen LogP contribution in [0.3, 0.4) is 0 Å². The third-order valence-electron chi connectivity index (χ3n) is 3.24. The van der Waals surface area contributed by atoms with Crippen LogP contribution in [-0.2, 0) is 16.4 Å². The molecule has 0 aliphatic carbocycles. The molecule has 1 aromatic heterocycles. The van der Waals surface area contributed by atoms with Crippen molar-refractivity contribution in [1.29, 1.82) is 0 Å². The molecule has 0 aromatic carbocycles. The second-order valence-electron chi connectivity index (χ2n) is 4.39. The van der Waals surface area contributed by atoms with Crippen molar-refractivity contribution in [1.82, 2.24) is 9.62 Å². The van der Waals surface area contributed by atoms with Gasteiger partial charge in [-0.3, -0.25) is 0 Å². The van der Waals surface area contributed by atoms with E-state index in [0.717, 1.165) is 11.3 Å². The molecule has 0 bridgehead atoms. The summed E-state index contributed by atoms with van der Waals surface area (Å²) in [5, 5.41) is 12.7.